The molecule has 3 amide bonds. The van der Waals surface area contributed by atoms with Crippen molar-refractivity contribution < 1.29 is 44.1 Å². The minimum Gasteiger partial charge on any atom is -0.480 e. The first-order valence-electron chi connectivity index (χ1n) is 8.38. The Morgan fingerprint density at radius 1 is 1.21 bits per heavy atom. The summed E-state index contributed by atoms with van der Waals surface area (Å²) in [6, 6.07) is -2.79. The summed E-state index contributed by atoms with van der Waals surface area (Å²) in [6.07, 6.45) is 0.534. The van der Waals surface area contributed by atoms with Gasteiger partial charge in [-0.3, -0.25) is 24.0 Å². The van der Waals surface area contributed by atoms with Crippen LogP contribution in [0.15, 0.2) is 0 Å². The van der Waals surface area contributed by atoms with E-state index in [0.29, 0.717) is 12.8 Å². The van der Waals surface area contributed by atoms with Crippen LogP contribution in [0.25, 0.3) is 0 Å². The number of aliphatic carboxylic acids is 3. The third kappa shape index (κ3) is 11.5. The quantitative estimate of drug-likeness (QED) is 0.163. The molecule has 13 nitrogen and oxygen atoms in total. The highest BCUT2D eigenvalue weighted by molar-refractivity contribution is 7.80. The molecule has 8 N–H and O–H groups in total. The lowest BCUT2D eigenvalue weighted by Gasteiger charge is -2.16. The number of carboxylic acids is 3. The predicted octanol–water partition coefficient (Wildman–Crippen LogP) is -2.86. The van der Waals surface area contributed by atoms with Crippen molar-refractivity contribution in [1.29, 1.82) is 0 Å². The largest absolute Gasteiger partial charge is 0.480 e. The number of rotatable bonds is 10. The number of nitrogens with two attached hydrogens (primary N) is 1. The lowest BCUT2D eigenvalue weighted by atomic mass is 10.1. The van der Waals surface area contributed by atoms with Gasteiger partial charge in [-0.2, -0.15) is 12.6 Å². The van der Waals surface area contributed by atoms with Crippen molar-refractivity contribution in [3.63, 3.8) is 0 Å². The van der Waals surface area contributed by atoms with Gasteiger partial charge in [-0.25, -0.2) is 4.79 Å². The zero-order valence-electron chi connectivity index (χ0n) is 15.3. The summed E-state index contributed by atoms with van der Waals surface area (Å²) in [5.41, 5.74) is 5.23. The maximum absolute atomic E-state index is 11.5. The van der Waals surface area contributed by atoms with E-state index < -0.39 is 54.4 Å². The monoisotopic (exact) mass is 436 g/mol. The second-order valence-electron chi connectivity index (χ2n) is 5.89. The minimum atomic E-state index is -1.22. The molecule has 0 aromatic rings. The summed E-state index contributed by atoms with van der Waals surface area (Å²) in [6.45, 7) is -0.567. The Bertz CT molecular complexity index is 643. The van der Waals surface area contributed by atoms with Crippen molar-refractivity contribution in [1.82, 2.24) is 16.0 Å². The Labute approximate surface area is 170 Å². The molecule has 14 heteroatoms. The van der Waals surface area contributed by atoms with Crippen LogP contribution in [-0.4, -0.2) is 81.4 Å². The van der Waals surface area contributed by atoms with Gasteiger partial charge in [0.25, 0.3) is 0 Å². The first-order chi connectivity index (χ1) is 13.5. The topological polar surface area (TPSA) is 225 Å². The molecule has 1 heterocycles. The molecule has 164 valence electrons. The van der Waals surface area contributed by atoms with E-state index in [1.807, 2.05) is 0 Å². The smallest absolute Gasteiger partial charge is 0.326 e. The van der Waals surface area contributed by atoms with Gasteiger partial charge in [0.2, 0.25) is 17.7 Å². The second kappa shape index (κ2) is 13.3. The van der Waals surface area contributed by atoms with Gasteiger partial charge in [-0.15, -0.1) is 0 Å². The average molecular weight is 436 g/mol. The standard InChI is InChI=1S/C10H17N3O6S.C5H7NO3/c11-5(10(18)19)1-2-7(14)13-6(4-20)9(17)12-3-8(15)16;7-4-2-1-3(6-4)5(8)9/h5-6,20H,1-4,11H2,(H,12,17)(H,13,14)(H,15,16)(H,18,19);3H,1-2H2,(H,6,7)(H,8,9)/t5-,6-;/m0./s1. The van der Waals surface area contributed by atoms with Crippen molar-refractivity contribution in [2.75, 3.05) is 12.3 Å². The van der Waals surface area contributed by atoms with Crippen LogP contribution in [0.5, 0.6) is 0 Å². The van der Waals surface area contributed by atoms with Crippen molar-refractivity contribution in [2.45, 2.75) is 43.8 Å². The zero-order valence-corrected chi connectivity index (χ0v) is 16.2. The minimum absolute atomic E-state index is 0.0256. The maximum Gasteiger partial charge on any atom is 0.326 e. The van der Waals surface area contributed by atoms with Crippen LogP contribution >= 0.6 is 12.6 Å². The van der Waals surface area contributed by atoms with E-state index >= 15 is 0 Å². The molecule has 0 aromatic heterocycles. The van der Waals surface area contributed by atoms with Gasteiger partial charge in [0.15, 0.2) is 0 Å². The van der Waals surface area contributed by atoms with Gasteiger partial charge in [-0.05, 0) is 12.8 Å². The van der Waals surface area contributed by atoms with E-state index in [0.717, 1.165) is 0 Å². The summed E-state index contributed by atoms with van der Waals surface area (Å²) >= 11 is 3.87. The molecule has 1 fully saturated rings. The van der Waals surface area contributed by atoms with E-state index in [-0.39, 0.29) is 24.5 Å². The van der Waals surface area contributed by atoms with Crippen LogP contribution in [-0.2, 0) is 28.8 Å². The molecular formula is C15H24N4O9S. The molecule has 1 saturated heterocycles. The Kier molecular flexibility index (Phi) is 12.0. The lowest BCUT2D eigenvalue weighted by molar-refractivity contribution is -0.140. The first-order valence-corrected chi connectivity index (χ1v) is 9.01. The lowest BCUT2D eigenvalue weighted by Crippen LogP contribution is -2.49. The van der Waals surface area contributed by atoms with E-state index in [1.165, 1.54) is 0 Å². The third-order valence-electron chi connectivity index (χ3n) is 3.54. The Hall–Kier alpha value is -2.87. The number of hydrogen-bond acceptors (Lipinski definition) is 8. The molecule has 1 aliphatic heterocycles. The Morgan fingerprint density at radius 2 is 1.83 bits per heavy atom. The summed E-state index contributed by atoms with van der Waals surface area (Å²) in [5.74, 6) is -4.81. The van der Waals surface area contributed by atoms with Crippen molar-refractivity contribution >= 4 is 48.3 Å². The molecule has 1 rings (SSSR count). The maximum atomic E-state index is 11.5. The normalized spacial score (nSPS) is 17.0. The number of hydrogen-bond donors (Lipinski definition) is 8. The Morgan fingerprint density at radius 3 is 2.21 bits per heavy atom. The fraction of sp³-hybridized carbons (Fsp3) is 0.600. The number of amides is 3. The summed E-state index contributed by atoms with van der Waals surface area (Å²) in [5, 5.41) is 32.0. The fourth-order valence-electron chi connectivity index (χ4n) is 1.96. The zero-order chi connectivity index (χ0) is 22.6. The molecule has 0 aromatic carbocycles. The van der Waals surface area contributed by atoms with E-state index in [1.54, 1.807) is 0 Å². The molecule has 0 bridgehead atoms. The van der Waals surface area contributed by atoms with Crippen LogP contribution in [0.3, 0.4) is 0 Å². The van der Waals surface area contributed by atoms with Gasteiger partial charge in [0, 0.05) is 18.6 Å². The molecule has 29 heavy (non-hydrogen) atoms. The average Bonchev–Trinajstić information content (AvgIpc) is 3.09. The van der Waals surface area contributed by atoms with Gasteiger partial charge in [-0.1, -0.05) is 0 Å². The van der Waals surface area contributed by atoms with Crippen LogP contribution in [0.2, 0.25) is 0 Å². The van der Waals surface area contributed by atoms with Gasteiger partial charge in [0.1, 0.15) is 24.7 Å². The van der Waals surface area contributed by atoms with Crippen LogP contribution < -0.4 is 21.7 Å². The first kappa shape index (κ1) is 26.1. The summed E-state index contributed by atoms with van der Waals surface area (Å²) in [4.78, 5) is 64.3. The third-order valence-corrected chi connectivity index (χ3v) is 3.91. The number of nitrogens with one attached hydrogen (secondary N) is 3. The highest BCUT2D eigenvalue weighted by atomic mass is 32.1. The van der Waals surface area contributed by atoms with Gasteiger partial charge in [0.05, 0.1) is 0 Å². The van der Waals surface area contributed by atoms with Crippen molar-refractivity contribution in [2.24, 2.45) is 5.73 Å². The summed E-state index contributed by atoms with van der Waals surface area (Å²) < 4.78 is 0. The van der Waals surface area contributed by atoms with Crippen LogP contribution in [0.1, 0.15) is 25.7 Å². The number of carbonyl (C=O) groups is 6. The molecule has 0 radical (unpaired) electrons. The van der Waals surface area contributed by atoms with E-state index in [9.17, 15) is 28.8 Å². The summed E-state index contributed by atoms with van der Waals surface area (Å²) in [7, 11) is 0. The van der Waals surface area contributed by atoms with Gasteiger partial charge < -0.3 is 37.0 Å². The molecule has 0 aliphatic carbocycles. The molecule has 0 spiro atoms. The number of carbonyl (C=O) groups excluding carboxylic acids is 3. The molecule has 3 atom stereocenters. The fourth-order valence-corrected chi connectivity index (χ4v) is 2.21. The molecule has 1 unspecified atom stereocenters. The number of thiol groups is 1. The molecule has 1 aliphatic rings. The SMILES string of the molecule is N[C@@H](CCC(=O)N[C@@H](CS)C(=O)NCC(=O)O)C(=O)O.O=C1CCC(C(=O)O)N1. The van der Waals surface area contributed by atoms with Crippen LogP contribution in [0.4, 0.5) is 0 Å². The van der Waals surface area contributed by atoms with E-state index in [4.69, 9.17) is 21.1 Å². The van der Waals surface area contributed by atoms with Crippen molar-refractivity contribution in [3.05, 3.63) is 0 Å². The highest BCUT2D eigenvalue weighted by Gasteiger charge is 2.26. The van der Waals surface area contributed by atoms with Crippen molar-refractivity contribution in [3.8, 4) is 0 Å². The second-order valence-corrected chi connectivity index (χ2v) is 6.26. The Balaban J connectivity index is 0.000000717. The predicted molar refractivity (Wildman–Crippen MR) is 100 cm³/mol. The van der Waals surface area contributed by atoms with Crippen LogP contribution in [0, 0.1) is 0 Å². The number of carboxylic acid groups (broad SMARTS) is 3. The molecular weight excluding hydrogens is 412 g/mol. The highest BCUT2D eigenvalue weighted by Crippen LogP contribution is 2.05. The van der Waals surface area contributed by atoms with Gasteiger partial charge >= 0.3 is 17.9 Å². The molecule has 0 saturated carbocycles. The van der Waals surface area contributed by atoms with E-state index in [2.05, 4.69) is 28.6 Å².